The molecule has 0 spiro atoms. The number of carbonyl (C=O) groups is 1. The SMILES string of the molecule is C1=CC2=NC=CC2=NC1.CC(C)(C)OC=O. The smallest absolute Gasteiger partial charge is 0.293 e. The van der Waals surface area contributed by atoms with Gasteiger partial charge in [-0.2, -0.15) is 0 Å². The molecule has 0 aromatic carbocycles. The van der Waals surface area contributed by atoms with Gasteiger partial charge in [0.25, 0.3) is 6.47 Å². The van der Waals surface area contributed by atoms with E-state index in [1.807, 2.05) is 39.0 Å². The van der Waals surface area contributed by atoms with E-state index in [-0.39, 0.29) is 5.60 Å². The fraction of sp³-hybridized carbons (Fsp3) is 0.417. The zero-order valence-corrected chi connectivity index (χ0v) is 9.80. The van der Waals surface area contributed by atoms with Crippen LogP contribution < -0.4 is 0 Å². The number of dihydropyridines is 1. The maximum atomic E-state index is 9.60. The Balaban J connectivity index is 0.000000168. The van der Waals surface area contributed by atoms with Gasteiger partial charge in [0.05, 0.1) is 18.0 Å². The number of carbonyl (C=O) groups excluding carboxylic acids is 1. The lowest BCUT2D eigenvalue weighted by Crippen LogP contribution is -2.17. The molecule has 0 saturated heterocycles. The van der Waals surface area contributed by atoms with E-state index in [1.165, 1.54) is 0 Å². The minimum atomic E-state index is -0.318. The molecule has 0 N–H and O–H groups in total. The van der Waals surface area contributed by atoms with Crippen molar-refractivity contribution in [1.82, 2.24) is 0 Å². The molecule has 2 aliphatic rings. The van der Waals surface area contributed by atoms with Crippen molar-refractivity contribution in [2.45, 2.75) is 26.4 Å². The molecular formula is C12H16N2O2. The summed E-state index contributed by atoms with van der Waals surface area (Å²) in [5.41, 5.74) is 1.71. The monoisotopic (exact) mass is 220 g/mol. The van der Waals surface area contributed by atoms with Crippen molar-refractivity contribution in [3.63, 3.8) is 0 Å². The van der Waals surface area contributed by atoms with Crippen molar-refractivity contribution in [1.29, 1.82) is 0 Å². The largest absolute Gasteiger partial charge is 0.462 e. The third-order valence-corrected chi connectivity index (χ3v) is 1.75. The van der Waals surface area contributed by atoms with Crippen LogP contribution in [0.2, 0.25) is 0 Å². The fourth-order valence-electron chi connectivity index (χ4n) is 1.06. The first-order valence-electron chi connectivity index (χ1n) is 5.10. The first-order chi connectivity index (χ1) is 7.53. The summed E-state index contributed by atoms with van der Waals surface area (Å²) in [5.74, 6) is 0. The van der Waals surface area contributed by atoms with Crippen molar-refractivity contribution in [3.05, 3.63) is 24.4 Å². The third kappa shape index (κ3) is 4.21. The van der Waals surface area contributed by atoms with Gasteiger partial charge in [-0.1, -0.05) is 6.08 Å². The van der Waals surface area contributed by atoms with E-state index in [2.05, 4.69) is 14.7 Å². The number of fused-ring (bicyclic) bond motifs is 1. The molecule has 2 heterocycles. The minimum Gasteiger partial charge on any atom is -0.462 e. The Morgan fingerprint density at radius 2 is 2.06 bits per heavy atom. The number of ether oxygens (including phenoxy) is 1. The number of hydrogen-bond acceptors (Lipinski definition) is 4. The fourth-order valence-corrected chi connectivity index (χ4v) is 1.06. The lowest BCUT2D eigenvalue weighted by atomic mass is 10.2. The average Bonchev–Trinajstić information content (AvgIpc) is 2.64. The van der Waals surface area contributed by atoms with Gasteiger partial charge in [-0.05, 0) is 32.9 Å². The van der Waals surface area contributed by atoms with Crippen LogP contribution in [0.15, 0.2) is 34.4 Å². The van der Waals surface area contributed by atoms with Gasteiger partial charge in [0.2, 0.25) is 0 Å². The number of rotatable bonds is 1. The number of allylic oxidation sites excluding steroid dienone is 2. The van der Waals surface area contributed by atoms with Crippen molar-refractivity contribution in [2.24, 2.45) is 9.98 Å². The van der Waals surface area contributed by atoms with Crippen molar-refractivity contribution < 1.29 is 9.53 Å². The molecule has 2 aliphatic heterocycles. The van der Waals surface area contributed by atoms with Gasteiger partial charge in [-0.3, -0.25) is 14.8 Å². The molecule has 0 unspecified atom stereocenters. The number of nitrogens with zero attached hydrogens (tertiary/aromatic N) is 2. The van der Waals surface area contributed by atoms with Crippen molar-refractivity contribution >= 4 is 17.9 Å². The van der Waals surface area contributed by atoms with Gasteiger partial charge < -0.3 is 4.74 Å². The van der Waals surface area contributed by atoms with Gasteiger partial charge in [0.15, 0.2) is 0 Å². The molecule has 0 fully saturated rings. The number of hydrogen-bond donors (Lipinski definition) is 0. The summed E-state index contributed by atoms with van der Waals surface area (Å²) in [6, 6.07) is 0. The predicted molar refractivity (Wildman–Crippen MR) is 64.9 cm³/mol. The van der Waals surface area contributed by atoms with E-state index in [0.29, 0.717) is 6.47 Å². The van der Waals surface area contributed by atoms with Crippen LogP contribution in [0.1, 0.15) is 20.8 Å². The Morgan fingerprint density at radius 3 is 2.56 bits per heavy atom. The van der Waals surface area contributed by atoms with Crippen LogP contribution in [-0.2, 0) is 9.53 Å². The molecule has 2 rings (SSSR count). The van der Waals surface area contributed by atoms with E-state index in [1.54, 1.807) is 6.20 Å². The van der Waals surface area contributed by atoms with Crippen LogP contribution in [0, 0.1) is 0 Å². The Kier molecular flexibility index (Phi) is 4.17. The highest BCUT2D eigenvalue weighted by Gasteiger charge is 2.08. The average molecular weight is 220 g/mol. The summed E-state index contributed by atoms with van der Waals surface area (Å²) < 4.78 is 4.55. The molecule has 0 atom stereocenters. The molecular weight excluding hydrogens is 204 g/mol. The van der Waals surface area contributed by atoms with Crippen LogP contribution in [-0.4, -0.2) is 30.0 Å². The topological polar surface area (TPSA) is 51.0 Å². The maximum Gasteiger partial charge on any atom is 0.293 e. The molecule has 4 heteroatoms. The Morgan fingerprint density at radius 1 is 1.31 bits per heavy atom. The highest BCUT2D eigenvalue weighted by Crippen LogP contribution is 2.04. The van der Waals surface area contributed by atoms with Crippen LogP contribution in [0.4, 0.5) is 0 Å². The van der Waals surface area contributed by atoms with Gasteiger partial charge in [-0.25, -0.2) is 0 Å². The van der Waals surface area contributed by atoms with E-state index in [0.717, 1.165) is 18.0 Å². The Hall–Kier alpha value is -1.71. The molecule has 86 valence electrons. The lowest BCUT2D eigenvalue weighted by Gasteiger charge is -2.14. The molecule has 0 aromatic rings. The predicted octanol–water partition coefficient (Wildman–Crippen LogP) is 1.92. The summed E-state index contributed by atoms with van der Waals surface area (Å²) >= 11 is 0. The van der Waals surface area contributed by atoms with E-state index >= 15 is 0 Å². The molecule has 0 amide bonds. The van der Waals surface area contributed by atoms with E-state index < -0.39 is 0 Å². The maximum absolute atomic E-state index is 9.60. The molecule has 0 bridgehead atoms. The molecule has 4 nitrogen and oxygen atoms in total. The summed E-state index contributed by atoms with van der Waals surface area (Å²) in [7, 11) is 0. The molecule has 0 aromatic heterocycles. The summed E-state index contributed by atoms with van der Waals surface area (Å²) in [5, 5.41) is 0. The highest BCUT2D eigenvalue weighted by atomic mass is 16.5. The zero-order valence-electron chi connectivity index (χ0n) is 9.80. The molecule has 0 saturated carbocycles. The minimum absolute atomic E-state index is 0.318. The normalized spacial score (nSPS) is 16.7. The standard InChI is InChI=1S/C7H6N2.C5H10O2/c1-2-6-7(8-4-1)3-5-9-6;1-5(2,3)7-4-6/h1-3,5H,4H2;4H,1-3H3. The Labute approximate surface area is 95.4 Å². The van der Waals surface area contributed by atoms with Crippen molar-refractivity contribution in [3.8, 4) is 0 Å². The van der Waals surface area contributed by atoms with Crippen LogP contribution in [0.5, 0.6) is 0 Å². The van der Waals surface area contributed by atoms with Gasteiger partial charge >= 0.3 is 0 Å². The molecule has 0 aliphatic carbocycles. The summed E-state index contributed by atoms with van der Waals surface area (Å²) in [6.07, 6.45) is 7.72. The van der Waals surface area contributed by atoms with Crippen LogP contribution in [0.25, 0.3) is 0 Å². The quantitative estimate of drug-likeness (QED) is 0.634. The Bertz CT molecular complexity index is 371. The second-order valence-corrected chi connectivity index (χ2v) is 4.28. The highest BCUT2D eigenvalue weighted by molar-refractivity contribution is 6.52. The summed E-state index contributed by atoms with van der Waals surface area (Å²) in [4.78, 5) is 17.9. The second kappa shape index (κ2) is 5.39. The first-order valence-corrected chi connectivity index (χ1v) is 5.10. The van der Waals surface area contributed by atoms with Gasteiger partial charge in [0.1, 0.15) is 5.60 Å². The van der Waals surface area contributed by atoms with Gasteiger partial charge in [-0.15, -0.1) is 0 Å². The third-order valence-electron chi connectivity index (χ3n) is 1.75. The molecule has 0 radical (unpaired) electrons. The second-order valence-electron chi connectivity index (χ2n) is 4.28. The lowest BCUT2D eigenvalue weighted by molar-refractivity contribution is -0.138. The van der Waals surface area contributed by atoms with Crippen LogP contribution >= 0.6 is 0 Å². The van der Waals surface area contributed by atoms with Gasteiger partial charge in [0, 0.05) is 6.20 Å². The van der Waals surface area contributed by atoms with E-state index in [9.17, 15) is 4.79 Å². The molecule has 16 heavy (non-hydrogen) atoms. The van der Waals surface area contributed by atoms with Crippen molar-refractivity contribution in [2.75, 3.05) is 6.54 Å². The van der Waals surface area contributed by atoms with Crippen LogP contribution in [0.3, 0.4) is 0 Å². The zero-order chi connectivity index (χ0) is 12.0. The number of aliphatic imine (C=N–C) groups is 2. The van der Waals surface area contributed by atoms with E-state index in [4.69, 9.17) is 0 Å². The summed E-state index contributed by atoms with van der Waals surface area (Å²) in [6.45, 7) is 6.73. The first kappa shape index (κ1) is 12.4.